The predicted molar refractivity (Wildman–Crippen MR) is 71.2 cm³/mol. The number of carbonyl (C=O) groups excluding carboxylic acids is 1. The number of aliphatic carboxylic acids is 1. The molecule has 10 heteroatoms. The third-order valence-electron chi connectivity index (χ3n) is 2.76. The fraction of sp³-hybridized carbons (Fsp3) is 0.308. The number of rotatable bonds is 3. The number of aromatic carboxylic acids is 1. The number of benzene rings is 1. The van der Waals surface area contributed by atoms with Gasteiger partial charge in [-0.05, 0) is 12.1 Å². The highest BCUT2D eigenvalue weighted by Gasteiger charge is 2.33. The van der Waals surface area contributed by atoms with Crippen molar-refractivity contribution in [1.29, 1.82) is 0 Å². The van der Waals surface area contributed by atoms with Crippen LogP contribution >= 0.6 is 0 Å². The predicted octanol–water partition coefficient (Wildman–Crippen LogP) is -0.361. The molecule has 6 N–H and O–H groups in total. The Kier molecular flexibility index (Phi) is 5.74. The van der Waals surface area contributed by atoms with Crippen LogP contribution < -0.4 is 0 Å². The maximum atomic E-state index is 10.5. The lowest BCUT2D eigenvalue weighted by Gasteiger charge is -2.02. The van der Waals surface area contributed by atoms with Crippen LogP contribution in [0.3, 0.4) is 0 Å². The van der Waals surface area contributed by atoms with Gasteiger partial charge in [-0.15, -0.1) is 0 Å². The minimum atomic E-state index is -1.29. The molecule has 10 nitrogen and oxygen atoms in total. The fourth-order valence-corrected chi connectivity index (χ4v) is 1.68. The molecule has 1 aliphatic heterocycles. The number of carboxylic acid groups (broad SMARTS) is 2. The summed E-state index contributed by atoms with van der Waals surface area (Å²) in [6, 6.07) is 1.69. The molecule has 0 aromatic heterocycles. The number of phenols is 3. The Bertz CT molecular complexity index is 598. The molecule has 0 amide bonds. The van der Waals surface area contributed by atoms with Gasteiger partial charge in [0, 0.05) is 6.42 Å². The van der Waals surface area contributed by atoms with Crippen LogP contribution in [0.25, 0.3) is 0 Å². The van der Waals surface area contributed by atoms with Crippen molar-refractivity contribution in [2.75, 3.05) is 0 Å². The van der Waals surface area contributed by atoms with E-state index in [-0.39, 0.29) is 18.4 Å². The van der Waals surface area contributed by atoms with Crippen molar-refractivity contribution in [3.8, 4) is 17.2 Å². The number of aliphatic hydroxyl groups excluding tert-OH is 1. The lowest BCUT2D eigenvalue weighted by Crippen LogP contribution is -2.12. The largest absolute Gasteiger partial charge is 0.504 e. The number of carboxylic acids is 2. The molecule has 1 aromatic carbocycles. The summed E-state index contributed by atoms with van der Waals surface area (Å²) in [5, 5.41) is 52.0. The average Bonchev–Trinajstić information content (AvgIpc) is 2.73. The summed E-state index contributed by atoms with van der Waals surface area (Å²) in [6.07, 6.45) is -1.94. The second kappa shape index (κ2) is 7.31. The Balaban J connectivity index is 0.000000231. The zero-order chi connectivity index (χ0) is 17.7. The molecule has 0 bridgehead atoms. The van der Waals surface area contributed by atoms with Gasteiger partial charge in [0.25, 0.3) is 0 Å². The molecule has 2 rings (SSSR count). The molecule has 2 unspecified atom stereocenters. The van der Waals surface area contributed by atoms with Gasteiger partial charge in [-0.1, -0.05) is 0 Å². The molecule has 1 fully saturated rings. The van der Waals surface area contributed by atoms with E-state index in [4.69, 9.17) is 30.6 Å². The van der Waals surface area contributed by atoms with Crippen LogP contribution in [0.15, 0.2) is 12.1 Å². The van der Waals surface area contributed by atoms with Gasteiger partial charge in [0.2, 0.25) is 0 Å². The lowest BCUT2D eigenvalue weighted by molar-refractivity contribution is -0.149. The number of carbonyl (C=O) groups is 3. The molecule has 0 radical (unpaired) electrons. The molecule has 0 saturated carbocycles. The van der Waals surface area contributed by atoms with Crippen LogP contribution in [0, 0.1) is 0 Å². The van der Waals surface area contributed by atoms with Crippen molar-refractivity contribution in [2.24, 2.45) is 0 Å². The van der Waals surface area contributed by atoms with Crippen molar-refractivity contribution < 1.29 is 49.8 Å². The van der Waals surface area contributed by atoms with Crippen LogP contribution in [-0.2, 0) is 14.3 Å². The minimum Gasteiger partial charge on any atom is -0.504 e. The first-order chi connectivity index (χ1) is 10.6. The van der Waals surface area contributed by atoms with E-state index in [1.165, 1.54) is 0 Å². The number of aliphatic hydroxyl groups is 1. The van der Waals surface area contributed by atoms with Crippen LogP contribution in [0.4, 0.5) is 0 Å². The fourth-order valence-electron chi connectivity index (χ4n) is 1.68. The van der Waals surface area contributed by atoms with Gasteiger partial charge >= 0.3 is 17.9 Å². The van der Waals surface area contributed by atoms with E-state index in [0.29, 0.717) is 0 Å². The summed E-state index contributed by atoms with van der Waals surface area (Å²) in [4.78, 5) is 30.9. The summed E-state index contributed by atoms with van der Waals surface area (Å²) in [5.74, 6) is -5.09. The maximum absolute atomic E-state index is 10.5. The summed E-state index contributed by atoms with van der Waals surface area (Å²) in [5.41, 5.74) is -0.289. The Labute approximate surface area is 128 Å². The smallest absolute Gasteiger partial charge is 0.335 e. The van der Waals surface area contributed by atoms with Crippen LogP contribution in [0.2, 0.25) is 0 Å². The molecule has 126 valence electrons. The molecule has 1 saturated heterocycles. The number of cyclic esters (lactones) is 1. The third-order valence-corrected chi connectivity index (χ3v) is 2.76. The molecule has 0 spiro atoms. The summed E-state index contributed by atoms with van der Waals surface area (Å²) in [7, 11) is 0. The molecule has 0 aliphatic carbocycles. The minimum absolute atomic E-state index is 0.0884. The number of aromatic hydroxyl groups is 3. The van der Waals surface area contributed by atoms with Crippen LogP contribution in [0.5, 0.6) is 17.2 Å². The molecule has 2 atom stereocenters. The first kappa shape index (κ1) is 18.0. The van der Waals surface area contributed by atoms with Gasteiger partial charge in [-0.3, -0.25) is 4.79 Å². The summed E-state index contributed by atoms with van der Waals surface area (Å²) in [6.45, 7) is 0. The van der Waals surface area contributed by atoms with Gasteiger partial charge in [0.15, 0.2) is 23.4 Å². The van der Waals surface area contributed by atoms with E-state index < -0.39 is 47.4 Å². The van der Waals surface area contributed by atoms with E-state index in [1.54, 1.807) is 0 Å². The van der Waals surface area contributed by atoms with Crippen molar-refractivity contribution >= 4 is 17.9 Å². The molecule has 23 heavy (non-hydrogen) atoms. The number of ether oxygens (including phenoxy) is 1. The summed E-state index contributed by atoms with van der Waals surface area (Å²) >= 11 is 0. The number of esters is 1. The average molecular weight is 330 g/mol. The van der Waals surface area contributed by atoms with E-state index in [1.807, 2.05) is 0 Å². The van der Waals surface area contributed by atoms with E-state index in [0.717, 1.165) is 12.1 Å². The maximum Gasteiger partial charge on any atom is 0.335 e. The van der Waals surface area contributed by atoms with Gasteiger partial charge in [0.05, 0.1) is 12.0 Å². The number of phenolic OH excluding ortho intramolecular Hbond substituents is 3. The van der Waals surface area contributed by atoms with Crippen molar-refractivity contribution in [2.45, 2.75) is 25.0 Å². The van der Waals surface area contributed by atoms with E-state index >= 15 is 0 Å². The molecule has 1 aliphatic rings. The Morgan fingerprint density at radius 1 is 1.13 bits per heavy atom. The highest BCUT2D eigenvalue weighted by Crippen LogP contribution is 2.35. The van der Waals surface area contributed by atoms with Crippen molar-refractivity contribution in [3.05, 3.63) is 17.7 Å². The Hall–Kier alpha value is -3.01. The number of hydrogen-bond acceptors (Lipinski definition) is 8. The van der Waals surface area contributed by atoms with Gasteiger partial charge in [0.1, 0.15) is 6.10 Å². The normalized spacial score (nSPS) is 19.4. The Morgan fingerprint density at radius 2 is 1.65 bits per heavy atom. The second-order valence-corrected chi connectivity index (χ2v) is 4.58. The molecular weight excluding hydrogens is 316 g/mol. The SMILES string of the molecule is O=C(O)CC1CC(O)C(=O)O1.O=C(O)c1cc(O)c(O)c(O)c1. The molecular formula is C13H14O10. The van der Waals surface area contributed by atoms with Gasteiger partial charge < -0.3 is 35.4 Å². The number of hydrogen-bond donors (Lipinski definition) is 6. The first-order valence-corrected chi connectivity index (χ1v) is 6.20. The quantitative estimate of drug-likeness (QED) is 0.316. The van der Waals surface area contributed by atoms with Crippen LogP contribution in [-0.4, -0.2) is 60.8 Å². The molecule has 1 heterocycles. The topological polar surface area (TPSA) is 182 Å². The highest BCUT2D eigenvalue weighted by molar-refractivity contribution is 5.89. The highest BCUT2D eigenvalue weighted by atomic mass is 16.6. The van der Waals surface area contributed by atoms with Crippen molar-refractivity contribution in [1.82, 2.24) is 0 Å². The second-order valence-electron chi connectivity index (χ2n) is 4.58. The Morgan fingerprint density at radius 3 is 2.00 bits per heavy atom. The lowest BCUT2D eigenvalue weighted by atomic mass is 10.1. The monoisotopic (exact) mass is 330 g/mol. The third kappa shape index (κ3) is 5.04. The standard InChI is InChI=1S/C7H6O5.C6H8O5/c8-4-1-3(7(11)12)2-5(9)6(4)10;7-4-1-3(2-5(8)9)11-6(4)10/h1-2,8-10H,(H,11,12);3-4,7H,1-2H2,(H,8,9). The van der Waals surface area contributed by atoms with Gasteiger partial charge in [-0.2, -0.15) is 0 Å². The molecule has 1 aromatic rings. The van der Waals surface area contributed by atoms with E-state index in [2.05, 4.69) is 4.74 Å². The first-order valence-electron chi connectivity index (χ1n) is 6.20. The van der Waals surface area contributed by atoms with Crippen LogP contribution in [0.1, 0.15) is 23.2 Å². The zero-order valence-electron chi connectivity index (χ0n) is 11.5. The van der Waals surface area contributed by atoms with Gasteiger partial charge in [-0.25, -0.2) is 9.59 Å². The van der Waals surface area contributed by atoms with Crippen molar-refractivity contribution in [3.63, 3.8) is 0 Å². The zero-order valence-corrected chi connectivity index (χ0v) is 11.5. The summed E-state index contributed by atoms with van der Waals surface area (Å²) < 4.78 is 4.51. The van der Waals surface area contributed by atoms with E-state index in [9.17, 15) is 14.4 Å².